The van der Waals surface area contributed by atoms with E-state index in [9.17, 15) is 5.11 Å². The number of aliphatic hydroxyl groups is 1. The highest BCUT2D eigenvalue weighted by molar-refractivity contribution is 9.10. The highest BCUT2D eigenvalue weighted by Gasteiger charge is 2.15. The summed E-state index contributed by atoms with van der Waals surface area (Å²) in [6.07, 6.45) is 2.00. The second kappa shape index (κ2) is 6.47. The molecular formula is C11H17BrN2OS. The lowest BCUT2D eigenvalue weighted by molar-refractivity contribution is 0.288. The molecule has 0 aliphatic heterocycles. The number of thioether (sulfide) groups is 1. The van der Waals surface area contributed by atoms with Crippen molar-refractivity contribution in [3.05, 3.63) is 22.3 Å². The summed E-state index contributed by atoms with van der Waals surface area (Å²) in [5.74, 6) is 0.848. The first kappa shape index (κ1) is 13.8. The summed E-state index contributed by atoms with van der Waals surface area (Å²) in [7, 11) is 0. The van der Waals surface area contributed by atoms with Gasteiger partial charge in [0.1, 0.15) is 5.82 Å². The van der Waals surface area contributed by atoms with Crippen LogP contribution in [-0.4, -0.2) is 34.2 Å². The molecule has 1 aromatic heterocycles. The van der Waals surface area contributed by atoms with Crippen LogP contribution in [-0.2, 0) is 0 Å². The molecule has 0 aliphatic rings. The zero-order chi connectivity index (χ0) is 12.1. The summed E-state index contributed by atoms with van der Waals surface area (Å²) in [5, 5.41) is 12.7. The van der Waals surface area contributed by atoms with Gasteiger partial charge in [0.25, 0.3) is 0 Å². The normalized spacial score (nSPS) is 14.6. The number of hydrogen-bond donors (Lipinski definition) is 2. The second-order valence-corrected chi connectivity index (χ2v) is 5.58. The molecule has 3 nitrogen and oxygen atoms in total. The number of nitrogens with zero attached hydrogens (tertiary/aromatic N) is 1. The van der Waals surface area contributed by atoms with Crippen LogP contribution in [0.4, 0.5) is 5.82 Å². The number of anilines is 1. The van der Waals surface area contributed by atoms with Gasteiger partial charge >= 0.3 is 0 Å². The number of hydrogen-bond acceptors (Lipinski definition) is 4. The predicted molar refractivity (Wildman–Crippen MR) is 74.1 cm³/mol. The van der Waals surface area contributed by atoms with E-state index in [-0.39, 0.29) is 17.9 Å². The third kappa shape index (κ3) is 3.64. The van der Waals surface area contributed by atoms with E-state index in [0.717, 1.165) is 16.0 Å². The Kier molecular flexibility index (Phi) is 5.58. The van der Waals surface area contributed by atoms with Gasteiger partial charge in [-0.1, -0.05) is 0 Å². The number of rotatable bonds is 5. The van der Waals surface area contributed by atoms with Crippen molar-refractivity contribution in [2.45, 2.75) is 25.1 Å². The van der Waals surface area contributed by atoms with Gasteiger partial charge in [-0.05, 0) is 48.2 Å². The molecule has 2 N–H and O–H groups in total. The molecule has 90 valence electrons. The summed E-state index contributed by atoms with van der Waals surface area (Å²) in [4.78, 5) is 4.41. The Bertz CT molecular complexity index is 345. The Balaban J connectivity index is 2.69. The minimum Gasteiger partial charge on any atom is -0.395 e. The predicted octanol–water partition coefficient (Wildman–Crippen LogP) is 2.68. The zero-order valence-electron chi connectivity index (χ0n) is 9.70. The Morgan fingerprint density at radius 3 is 2.75 bits per heavy atom. The van der Waals surface area contributed by atoms with Gasteiger partial charge in [-0.15, -0.1) is 0 Å². The summed E-state index contributed by atoms with van der Waals surface area (Å²) >= 11 is 5.07. The Morgan fingerprint density at radius 1 is 1.56 bits per heavy atom. The molecule has 0 aliphatic carbocycles. The van der Waals surface area contributed by atoms with Gasteiger partial charge in [0.15, 0.2) is 0 Å². The molecule has 0 saturated carbocycles. The lowest BCUT2D eigenvalue weighted by Gasteiger charge is -2.22. The molecular weight excluding hydrogens is 288 g/mol. The van der Waals surface area contributed by atoms with Crippen LogP contribution in [0.15, 0.2) is 16.6 Å². The monoisotopic (exact) mass is 304 g/mol. The van der Waals surface area contributed by atoms with Gasteiger partial charge < -0.3 is 10.4 Å². The molecule has 0 radical (unpaired) electrons. The highest BCUT2D eigenvalue weighted by Crippen LogP contribution is 2.19. The molecule has 2 atom stereocenters. The fourth-order valence-corrected chi connectivity index (χ4v) is 2.23. The fourth-order valence-electron chi connectivity index (χ4n) is 1.39. The van der Waals surface area contributed by atoms with E-state index in [4.69, 9.17) is 0 Å². The second-order valence-electron chi connectivity index (χ2n) is 3.65. The molecule has 0 saturated heterocycles. The van der Waals surface area contributed by atoms with Gasteiger partial charge in [0.2, 0.25) is 0 Å². The van der Waals surface area contributed by atoms with Crippen molar-refractivity contribution in [3.63, 3.8) is 0 Å². The maximum absolute atomic E-state index is 9.18. The number of aromatic nitrogens is 1. The molecule has 0 aromatic carbocycles. The number of pyridine rings is 1. The first-order valence-electron chi connectivity index (χ1n) is 5.11. The summed E-state index contributed by atoms with van der Waals surface area (Å²) in [6, 6.07) is 4.10. The van der Waals surface area contributed by atoms with Gasteiger partial charge in [-0.25, -0.2) is 4.98 Å². The van der Waals surface area contributed by atoms with Crippen LogP contribution < -0.4 is 5.32 Å². The van der Waals surface area contributed by atoms with E-state index < -0.39 is 0 Å². The van der Waals surface area contributed by atoms with Crippen LogP contribution in [0.5, 0.6) is 0 Å². The molecule has 0 bridgehead atoms. The SMILES string of the molecule is CSC(CO)C(C)Nc1ccc(Br)c(C)n1. The minimum atomic E-state index is 0.171. The topological polar surface area (TPSA) is 45.1 Å². The molecule has 16 heavy (non-hydrogen) atoms. The highest BCUT2D eigenvalue weighted by atomic mass is 79.9. The van der Waals surface area contributed by atoms with Crippen LogP contribution in [0.2, 0.25) is 0 Å². The van der Waals surface area contributed by atoms with Crippen LogP contribution in [0.1, 0.15) is 12.6 Å². The molecule has 1 heterocycles. The average Bonchev–Trinajstić information content (AvgIpc) is 2.25. The van der Waals surface area contributed by atoms with Crippen LogP contribution in [0, 0.1) is 6.92 Å². The van der Waals surface area contributed by atoms with Crippen molar-refractivity contribution < 1.29 is 5.11 Å². The first-order chi connectivity index (χ1) is 7.58. The number of nitrogens with one attached hydrogen (secondary N) is 1. The largest absolute Gasteiger partial charge is 0.395 e. The molecule has 1 aromatic rings. The van der Waals surface area contributed by atoms with Crippen molar-refractivity contribution in [3.8, 4) is 0 Å². The van der Waals surface area contributed by atoms with Gasteiger partial charge in [-0.3, -0.25) is 0 Å². The third-order valence-corrected chi connectivity index (χ3v) is 4.44. The third-order valence-electron chi connectivity index (χ3n) is 2.44. The lowest BCUT2D eigenvalue weighted by atomic mass is 10.2. The quantitative estimate of drug-likeness (QED) is 0.878. The maximum Gasteiger partial charge on any atom is 0.126 e. The lowest BCUT2D eigenvalue weighted by Crippen LogP contribution is -2.31. The Hall–Kier alpha value is -0.260. The van der Waals surface area contributed by atoms with E-state index in [0.29, 0.717) is 0 Å². The van der Waals surface area contributed by atoms with Crippen LogP contribution in [0.25, 0.3) is 0 Å². The van der Waals surface area contributed by atoms with Crippen molar-refractivity contribution in [2.24, 2.45) is 0 Å². The van der Waals surface area contributed by atoms with Crippen LogP contribution >= 0.6 is 27.7 Å². The van der Waals surface area contributed by atoms with E-state index >= 15 is 0 Å². The van der Waals surface area contributed by atoms with Crippen molar-refractivity contribution >= 4 is 33.5 Å². The number of aryl methyl sites for hydroxylation is 1. The molecule has 1 rings (SSSR count). The molecule has 5 heteroatoms. The first-order valence-corrected chi connectivity index (χ1v) is 7.20. The van der Waals surface area contributed by atoms with Gasteiger partial charge in [-0.2, -0.15) is 11.8 Å². The molecule has 0 amide bonds. The smallest absolute Gasteiger partial charge is 0.126 e. The molecule has 0 spiro atoms. The summed E-state index contributed by atoms with van der Waals surface area (Å²) in [5.41, 5.74) is 0.960. The zero-order valence-corrected chi connectivity index (χ0v) is 12.1. The Morgan fingerprint density at radius 2 is 2.25 bits per heavy atom. The van der Waals surface area contributed by atoms with Crippen molar-refractivity contribution in [1.29, 1.82) is 0 Å². The molecule has 0 fully saturated rings. The minimum absolute atomic E-state index is 0.171. The van der Waals surface area contributed by atoms with Crippen molar-refractivity contribution in [1.82, 2.24) is 4.98 Å². The summed E-state index contributed by atoms with van der Waals surface area (Å²) < 4.78 is 1.01. The van der Waals surface area contributed by atoms with Crippen molar-refractivity contribution in [2.75, 3.05) is 18.2 Å². The van der Waals surface area contributed by atoms with E-state index in [1.54, 1.807) is 11.8 Å². The standard InChI is InChI=1S/C11H17BrN2OS/c1-7-9(12)4-5-11(13-7)14-8(2)10(6-15)16-3/h4-5,8,10,15H,6H2,1-3H3,(H,13,14). The van der Waals surface area contributed by atoms with E-state index in [2.05, 4.69) is 33.2 Å². The number of aliphatic hydroxyl groups excluding tert-OH is 1. The average molecular weight is 305 g/mol. The van der Waals surface area contributed by atoms with Gasteiger partial charge in [0, 0.05) is 15.8 Å². The number of halogens is 1. The Labute approximate surface area is 109 Å². The van der Waals surface area contributed by atoms with Crippen LogP contribution in [0.3, 0.4) is 0 Å². The van der Waals surface area contributed by atoms with E-state index in [1.807, 2.05) is 25.3 Å². The maximum atomic E-state index is 9.18. The molecule has 2 unspecified atom stereocenters. The van der Waals surface area contributed by atoms with E-state index in [1.165, 1.54) is 0 Å². The fraction of sp³-hybridized carbons (Fsp3) is 0.545. The van der Waals surface area contributed by atoms with Gasteiger partial charge in [0.05, 0.1) is 12.3 Å². The summed E-state index contributed by atoms with van der Waals surface area (Å²) in [6.45, 7) is 4.18.